The number of halogens is 1. The lowest BCUT2D eigenvalue weighted by Crippen LogP contribution is -2.36. The monoisotopic (exact) mass is 352 g/mol. The van der Waals surface area contributed by atoms with E-state index in [9.17, 15) is 13.5 Å². The highest BCUT2D eigenvalue weighted by atomic mass is 35.5. The third-order valence-electron chi connectivity index (χ3n) is 5.82. The van der Waals surface area contributed by atoms with E-state index >= 15 is 0 Å². The zero-order valence-electron chi connectivity index (χ0n) is 12.6. The molecule has 2 aliphatic carbocycles. The van der Waals surface area contributed by atoms with Crippen molar-refractivity contribution in [1.29, 1.82) is 5.26 Å². The number of nitriles is 1. The maximum Gasteiger partial charge on any atom is 0.238 e. The number of aliphatic hydroxyl groups excluding tert-OH is 1. The first-order chi connectivity index (χ1) is 10.9. The van der Waals surface area contributed by atoms with E-state index in [0.717, 1.165) is 6.42 Å². The average Bonchev–Trinajstić information content (AvgIpc) is 3.12. The highest BCUT2D eigenvalue weighted by molar-refractivity contribution is 7.93. The summed E-state index contributed by atoms with van der Waals surface area (Å²) in [7, 11) is -3.45. The van der Waals surface area contributed by atoms with Gasteiger partial charge < -0.3 is 5.11 Å². The van der Waals surface area contributed by atoms with E-state index in [-0.39, 0.29) is 29.1 Å². The van der Waals surface area contributed by atoms with E-state index in [1.807, 2.05) is 6.07 Å². The van der Waals surface area contributed by atoms with Crippen LogP contribution in [0.5, 0.6) is 0 Å². The Morgan fingerprint density at radius 1 is 1.35 bits per heavy atom. The molecule has 3 aliphatic rings. The highest BCUT2D eigenvalue weighted by Gasteiger charge is 2.62. The molecule has 5 nitrogen and oxygen atoms in total. The Balaban J connectivity index is 1.78. The topological polar surface area (TPSA) is 81.4 Å². The Morgan fingerprint density at radius 2 is 2.09 bits per heavy atom. The van der Waals surface area contributed by atoms with Gasteiger partial charge in [-0.25, -0.2) is 8.42 Å². The van der Waals surface area contributed by atoms with Gasteiger partial charge in [-0.15, -0.1) is 0 Å². The van der Waals surface area contributed by atoms with Gasteiger partial charge in [0.1, 0.15) is 6.07 Å². The van der Waals surface area contributed by atoms with E-state index in [1.54, 1.807) is 19.1 Å². The number of aliphatic hydroxyl groups is 1. The first kappa shape index (κ1) is 15.3. The quantitative estimate of drug-likeness (QED) is 0.838. The molecule has 1 aromatic carbocycles. The lowest BCUT2D eigenvalue weighted by molar-refractivity contribution is 0.0883. The first-order valence-corrected chi connectivity index (χ1v) is 9.63. The van der Waals surface area contributed by atoms with Crippen LogP contribution in [0, 0.1) is 36.0 Å². The summed E-state index contributed by atoms with van der Waals surface area (Å²) in [5.74, 6) is 0.130. The van der Waals surface area contributed by atoms with Crippen molar-refractivity contribution in [1.82, 2.24) is 0 Å². The molecular weight excluding hydrogens is 336 g/mol. The summed E-state index contributed by atoms with van der Waals surface area (Å²) >= 11 is 6.20. The molecule has 0 aromatic heterocycles. The van der Waals surface area contributed by atoms with Crippen LogP contribution in [0.25, 0.3) is 0 Å². The summed E-state index contributed by atoms with van der Waals surface area (Å²) in [6, 6.07) is 5.24. The maximum absolute atomic E-state index is 13.0. The lowest BCUT2D eigenvalue weighted by Gasteiger charge is -2.25. The van der Waals surface area contributed by atoms with E-state index < -0.39 is 10.0 Å². The molecule has 5 atom stereocenters. The van der Waals surface area contributed by atoms with Crippen molar-refractivity contribution >= 4 is 27.3 Å². The summed E-state index contributed by atoms with van der Waals surface area (Å²) in [6.07, 6.45) is 1.03. The summed E-state index contributed by atoms with van der Waals surface area (Å²) in [6.45, 7) is 2.14. The molecular formula is C16H17ClN2O3S. The van der Waals surface area contributed by atoms with Crippen molar-refractivity contribution in [2.45, 2.75) is 31.1 Å². The van der Waals surface area contributed by atoms with Crippen LogP contribution in [0.1, 0.15) is 24.0 Å². The molecule has 7 heteroatoms. The smallest absolute Gasteiger partial charge is 0.238 e. The Hall–Kier alpha value is -1.29. The number of fused-ring (bicyclic) bond motifs is 5. The van der Waals surface area contributed by atoms with Gasteiger partial charge in [0.2, 0.25) is 10.0 Å². The minimum absolute atomic E-state index is 0.0115. The van der Waals surface area contributed by atoms with E-state index in [2.05, 4.69) is 0 Å². The van der Waals surface area contributed by atoms with Gasteiger partial charge in [-0.05, 0) is 49.3 Å². The molecule has 0 amide bonds. The van der Waals surface area contributed by atoms with Gasteiger partial charge in [0, 0.05) is 12.5 Å². The van der Waals surface area contributed by atoms with E-state index in [4.69, 9.17) is 16.9 Å². The number of anilines is 1. The number of benzene rings is 1. The molecule has 3 fully saturated rings. The molecule has 2 saturated carbocycles. The summed E-state index contributed by atoms with van der Waals surface area (Å²) in [5, 5.41) is 19.1. The van der Waals surface area contributed by atoms with Gasteiger partial charge in [-0.2, -0.15) is 5.26 Å². The molecule has 1 aromatic rings. The molecule has 0 unspecified atom stereocenters. The van der Waals surface area contributed by atoms with Crippen LogP contribution in [-0.2, 0) is 10.0 Å². The van der Waals surface area contributed by atoms with Crippen LogP contribution >= 0.6 is 11.6 Å². The van der Waals surface area contributed by atoms with Gasteiger partial charge in [-0.1, -0.05) is 11.6 Å². The fourth-order valence-corrected chi connectivity index (χ4v) is 7.61. The van der Waals surface area contributed by atoms with Gasteiger partial charge in [-0.3, -0.25) is 4.31 Å². The van der Waals surface area contributed by atoms with Gasteiger partial charge in [0.25, 0.3) is 0 Å². The Labute approximate surface area is 140 Å². The van der Waals surface area contributed by atoms with Crippen LogP contribution < -0.4 is 4.31 Å². The third kappa shape index (κ3) is 1.90. The summed E-state index contributed by atoms with van der Waals surface area (Å²) < 4.78 is 27.5. The molecule has 1 heterocycles. The SMILES string of the molecule is Cc1c(N2C[C@H]3[C@@H]4C[C@H](C[C@H]4O)[C@H]3S2(=O)=O)ccc(C#N)c1Cl. The standard InChI is InChI=1S/C16H17ClN2O3S/c1-8-13(3-2-9(6-18)15(8)17)19-7-12-11-4-10(5-14(11)20)16(12)23(19,21)22/h2-3,10-12,14,16,20H,4-5,7H2,1H3/t10-,11+,12+,14-,16-/m1/s1. The molecule has 1 saturated heterocycles. The van der Waals surface area contributed by atoms with Crippen LogP contribution in [0.4, 0.5) is 5.69 Å². The second kappa shape index (κ2) is 4.85. The predicted octanol–water partition coefficient (Wildman–Crippen LogP) is 2.06. The summed E-state index contributed by atoms with van der Waals surface area (Å²) in [5.41, 5.74) is 1.51. The van der Waals surface area contributed by atoms with Gasteiger partial charge in [0.15, 0.2) is 0 Å². The largest absolute Gasteiger partial charge is 0.393 e. The van der Waals surface area contributed by atoms with Gasteiger partial charge >= 0.3 is 0 Å². The molecule has 0 spiro atoms. The zero-order chi connectivity index (χ0) is 16.5. The van der Waals surface area contributed by atoms with Crippen LogP contribution in [-0.4, -0.2) is 31.4 Å². The van der Waals surface area contributed by atoms with Crippen LogP contribution in [0.15, 0.2) is 12.1 Å². The van der Waals surface area contributed by atoms with Crippen LogP contribution in [0.2, 0.25) is 5.02 Å². The minimum atomic E-state index is -3.45. The molecule has 1 aliphatic heterocycles. The lowest BCUT2D eigenvalue weighted by atomic mass is 9.86. The van der Waals surface area contributed by atoms with E-state index in [0.29, 0.717) is 34.8 Å². The Morgan fingerprint density at radius 3 is 2.78 bits per heavy atom. The number of hydrogen-bond donors (Lipinski definition) is 1. The maximum atomic E-state index is 13.0. The molecule has 4 rings (SSSR count). The van der Waals surface area contributed by atoms with Crippen molar-refractivity contribution in [3.8, 4) is 6.07 Å². The van der Waals surface area contributed by atoms with Crippen molar-refractivity contribution in [3.05, 3.63) is 28.3 Å². The fraction of sp³-hybridized carbons (Fsp3) is 0.562. The number of nitrogens with zero attached hydrogens (tertiary/aromatic N) is 2. The molecule has 122 valence electrons. The van der Waals surface area contributed by atoms with Crippen molar-refractivity contribution < 1.29 is 13.5 Å². The van der Waals surface area contributed by atoms with Crippen molar-refractivity contribution in [3.63, 3.8) is 0 Å². The van der Waals surface area contributed by atoms with E-state index in [1.165, 1.54) is 4.31 Å². The minimum Gasteiger partial charge on any atom is -0.393 e. The van der Waals surface area contributed by atoms with Gasteiger partial charge in [0.05, 0.1) is 27.6 Å². The predicted molar refractivity (Wildman–Crippen MR) is 86.7 cm³/mol. The Bertz CT molecular complexity index is 832. The first-order valence-electron chi connectivity index (χ1n) is 7.75. The third-order valence-corrected chi connectivity index (χ3v) is 8.69. The second-order valence-electron chi connectivity index (χ2n) is 6.85. The normalized spacial score (nSPS) is 37.0. The number of rotatable bonds is 1. The molecule has 0 radical (unpaired) electrons. The number of hydrogen-bond acceptors (Lipinski definition) is 4. The molecule has 1 N–H and O–H groups in total. The zero-order valence-corrected chi connectivity index (χ0v) is 14.2. The van der Waals surface area contributed by atoms with Crippen molar-refractivity contribution in [2.75, 3.05) is 10.8 Å². The van der Waals surface area contributed by atoms with Crippen LogP contribution in [0.3, 0.4) is 0 Å². The average molecular weight is 353 g/mol. The van der Waals surface area contributed by atoms with Crippen molar-refractivity contribution in [2.24, 2.45) is 17.8 Å². The molecule has 23 heavy (non-hydrogen) atoms. The highest BCUT2D eigenvalue weighted by Crippen LogP contribution is 2.56. The summed E-state index contributed by atoms with van der Waals surface area (Å²) in [4.78, 5) is 0. The second-order valence-corrected chi connectivity index (χ2v) is 9.24. The molecule has 2 bridgehead atoms. The Kier molecular flexibility index (Phi) is 3.22. The number of sulfonamides is 1. The fourth-order valence-electron chi connectivity index (χ4n) is 4.82.